The third-order valence-electron chi connectivity index (χ3n) is 22.8. The van der Waals surface area contributed by atoms with Gasteiger partial charge in [-0.15, -0.1) is 0 Å². The molecule has 560 valence electrons. The van der Waals surface area contributed by atoms with Crippen molar-refractivity contribution in [2.75, 3.05) is 21.3 Å². The number of aromatic nitrogens is 15. The van der Waals surface area contributed by atoms with E-state index in [1.165, 1.54) is 0 Å². The summed E-state index contributed by atoms with van der Waals surface area (Å²) in [7, 11) is 11.4. The summed E-state index contributed by atoms with van der Waals surface area (Å²) < 4.78 is 83.9. The fourth-order valence-electron chi connectivity index (χ4n) is 19.0. The largest absolute Gasteiger partial charge is 0.497 e. The maximum Gasteiger partial charge on any atom is 0.481 e. The Labute approximate surface area is 624 Å². The van der Waals surface area contributed by atoms with Gasteiger partial charge in [0.15, 0.2) is 17.2 Å². The highest BCUT2D eigenvalue weighted by Gasteiger charge is 2.69. The van der Waals surface area contributed by atoms with Crippen molar-refractivity contribution in [3.8, 4) is 51.0 Å². The molecule has 0 bridgehead atoms. The lowest BCUT2D eigenvalue weighted by Crippen LogP contribution is -2.61. The molecule has 0 atom stereocenters. The maximum absolute atomic E-state index is 20.5. The standard InChI is InChI=1S/C84H102N15O7P/c1-76(2,3)82(77(4,5)6,97-67(37-58-70-49(40-85-73(58)97)43-88-94(70)22)61-46-91(19)64-31-28-52(101-25)34-55(61)64)104-107(100,105-83(78(7,8)9,79(10,11)12)98-68(38-59-71-50(41-86-74(59)98)44-89-95(71)23)62-47-92(20)65-32-29-53(102-26)35-56(62)65)106-84(80(13,14)15,81(16,17)18)99-69(39-60-72-51(42-87-75(60)99)45-90-96(72)24)63-48-93(21)66-33-30-54(103-27)36-57(63)66/h28-48H,1-27H3. The first-order chi connectivity index (χ1) is 50.0. The summed E-state index contributed by atoms with van der Waals surface area (Å²) >= 11 is 0. The summed E-state index contributed by atoms with van der Waals surface area (Å²) in [6.07, 6.45) is 17.6. The summed E-state index contributed by atoms with van der Waals surface area (Å²) in [6, 6.07) is 25.0. The van der Waals surface area contributed by atoms with Crippen molar-refractivity contribution in [3.63, 3.8) is 0 Å². The zero-order valence-corrected chi connectivity index (χ0v) is 68.0. The van der Waals surface area contributed by atoms with E-state index in [1.807, 2.05) is 90.6 Å². The SMILES string of the molecule is COc1ccc2c(c1)c(-c1cc3c4c(cnc3n1C(OP(=O)(OC(n1c(-c3cn(C)c5ccc(OC)cc35)cc3c5c(cnc31)cnn5C)(C(C)(C)C)C(C)(C)C)OC(n1c(-c3cn(C)c5ccc(OC)cc35)cc3c5c(cnc31)cnn5C)(C(C)(C)C)C(C)(C)C)(C(C)(C)C)C(C)(C)C)cnn4C)cn2C. The highest BCUT2D eigenvalue weighted by molar-refractivity contribution is 7.48. The second-order valence-electron chi connectivity index (χ2n) is 35.6. The number of hydrogen-bond donors (Lipinski definition) is 0. The molecule has 0 spiro atoms. The van der Waals surface area contributed by atoms with Crippen molar-refractivity contribution in [1.82, 2.24) is 71.7 Å². The average molecular weight is 1460 g/mol. The van der Waals surface area contributed by atoms with Gasteiger partial charge in [-0.1, -0.05) is 125 Å². The first kappa shape index (κ1) is 72.8. The van der Waals surface area contributed by atoms with E-state index in [4.69, 9.17) is 58.0 Å². The van der Waals surface area contributed by atoms with Crippen LogP contribution in [-0.4, -0.2) is 93.0 Å². The molecule has 0 amide bonds. The van der Waals surface area contributed by atoms with Gasteiger partial charge in [0.05, 0.1) is 73.6 Å². The van der Waals surface area contributed by atoms with Crippen molar-refractivity contribution in [2.24, 2.45) is 74.8 Å². The molecule has 0 N–H and O–H groups in total. The van der Waals surface area contributed by atoms with Crippen LogP contribution in [0.4, 0.5) is 0 Å². The van der Waals surface area contributed by atoms with E-state index < -0.39 is 57.5 Å². The Bertz CT molecular complexity index is 5540. The highest BCUT2D eigenvalue weighted by atomic mass is 31.2. The highest BCUT2D eigenvalue weighted by Crippen LogP contribution is 2.74. The molecule has 0 radical (unpaired) electrons. The van der Waals surface area contributed by atoms with Gasteiger partial charge in [0.1, 0.15) is 34.2 Å². The molecule has 0 aliphatic heterocycles. The van der Waals surface area contributed by atoms with Crippen LogP contribution in [0.5, 0.6) is 17.2 Å². The Morgan fingerprint density at radius 1 is 0.327 bits per heavy atom. The van der Waals surface area contributed by atoms with E-state index in [2.05, 4.69) is 246 Å². The topological polar surface area (TPSA) is 194 Å². The van der Waals surface area contributed by atoms with Crippen LogP contribution in [-0.2, 0) is 77.6 Å². The fraction of sp³-hybridized carbons (Fsp3) is 0.429. The molecule has 0 aliphatic carbocycles. The molecule has 15 rings (SSSR count). The molecule has 0 fully saturated rings. The zero-order chi connectivity index (χ0) is 77.1. The minimum atomic E-state index is -5.73. The van der Waals surface area contributed by atoms with Crippen LogP contribution in [0, 0.1) is 32.5 Å². The zero-order valence-electron chi connectivity index (χ0n) is 67.1. The van der Waals surface area contributed by atoms with Gasteiger partial charge >= 0.3 is 7.82 Å². The number of phosphoric ester groups is 1. The van der Waals surface area contributed by atoms with Crippen molar-refractivity contribution >= 4 is 106 Å². The van der Waals surface area contributed by atoms with Crippen LogP contribution in [0.25, 0.3) is 132 Å². The van der Waals surface area contributed by atoms with E-state index in [9.17, 15) is 0 Å². The third kappa shape index (κ3) is 10.4. The first-order valence-electron chi connectivity index (χ1n) is 36.6. The first-order valence-corrected chi connectivity index (χ1v) is 38.1. The van der Waals surface area contributed by atoms with Gasteiger partial charge in [-0.25, -0.2) is 19.5 Å². The lowest BCUT2D eigenvalue weighted by molar-refractivity contribution is -0.258. The molecule has 12 heterocycles. The van der Waals surface area contributed by atoms with Gasteiger partial charge in [0.2, 0.25) is 0 Å². The second-order valence-corrected chi connectivity index (χ2v) is 37.0. The van der Waals surface area contributed by atoms with Crippen molar-refractivity contribution in [3.05, 3.63) is 129 Å². The number of phosphoric acid groups is 1. The Morgan fingerprint density at radius 3 is 0.794 bits per heavy atom. The molecule has 0 aliphatic rings. The number of methoxy groups -OCH3 is 3. The lowest BCUT2D eigenvalue weighted by atomic mass is 9.67. The van der Waals surface area contributed by atoms with Crippen LogP contribution >= 0.6 is 7.82 Å². The average Bonchev–Trinajstić information content (AvgIpc) is 1.65. The minimum absolute atomic E-state index is 0.548. The van der Waals surface area contributed by atoms with Gasteiger partial charge in [0, 0.05) is 194 Å². The molecule has 0 unspecified atom stereocenters. The Morgan fingerprint density at radius 2 is 0.570 bits per heavy atom. The van der Waals surface area contributed by atoms with E-state index in [0.717, 1.165) is 115 Å². The Hall–Kier alpha value is -9.73. The van der Waals surface area contributed by atoms with Crippen molar-refractivity contribution in [1.29, 1.82) is 0 Å². The molecule has 12 aromatic heterocycles. The Kier molecular flexibility index (Phi) is 16.3. The van der Waals surface area contributed by atoms with Gasteiger partial charge in [-0.3, -0.25) is 41.3 Å². The summed E-state index contributed by atoms with van der Waals surface area (Å²) in [6.45, 7) is 38.7. The van der Waals surface area contributed by atoms with Crippen LogP contribution in [0.1, 0.15) is 125 Å². The lowest BCUT2D eigenvalue weighted by Gasteiger charge is -2.60. The van der Waals surface area contributed by atoms with Crippen molar-refractivity contribution in [2.45, 2.75) is 142 Å². The Balaban J connectivity index is 1.15. The molecule has 3 aromatic carbocycles. The summed E-state index contributed by atoms with van der Waals surface area (Å²) in [5.74, 6) is 2.04. The second kappa shape index (κ2) is 23.9. The number of hydrogen-bond acceptors (Lipinski definition) is 13. The van der Waals surface area contributed by atoms with Crippen LogP contribution in [0.15, 0.2) is 129 Å². The molecule has 107 heavy (non-hydrogen) atoms. The van der Waals surface area contributed by atoms with Gasteiger partial charge in [-0.05, 0) is 72.8 Å². The number of pyridine rings is 3. The van der Waals surface area contributed by atoms with Crippen molar-refractivity contribution < 1.29 is 32.3 Å². The normalized spacial score (nSPS) is 13.9. The maximum atomic E-state index is 20.5. The quantitative estimate of drug-likeness (QED) is 0.0881. The van der Waals surface area contributed by atoms with E-state index in [0.29, 0.717) is 34.2 Å². The van der Waals surface area contributed by atoms with Crippen LogP contribution < -0.4 is 14.2 Å². The molecular formula is C84H102N15O7P. The molecule has 23 heteroatoms. The molecule has 15 aromatic rings. The van der Waals surface area contributed by atoms with Gasteiger partial charge in [-0.2, -0.15) is 15.3 Å². The predicted molar refractivity (Wildman–Crippen MR) is 429 cm³/mol. The van der Waals surface area contributed by atoms with E-state index in [-0.39, 0.29) is 0 Å². The smallest absolute Gasteiger partial charge is 0.481 e. The molecule has 22 nitrogen and oxygen atoms in total. The number of rotatable bonds is 15. The van der Waals surface area contributed by atoms with E-state index >= 15 is 4.57 Å². The minimum Gasteiger partial charge on any atom is -0.497 e. The fourth-order valence-corrected chi connectivity index (χ4v) is 21.9. The predicted octanol–water partition coefficient (Wildman–Crippen LogP) is 19.7. The van der Waals surface area contributed by atoms with Gasteiger partial charge in [0.25, 0.3) is 0 Å². The summed E-state index contributed by atoms with van der Waals surface area (Å²) in [4.78, 5) is 16.7. The van der Waals surface area contributed by atoms with Crippen LogP contribution in [0.3, 0.4) is 0 Å². The van der Waals surface area contributed by atoms with Gasteiger partial charge < -0.3 is 27.9 Å². The number of benzene rings is 3. The summed E-state index contributed by atoms with van der Waals surface area (Å²) in [5.41, 5.74) is -0.402. The monoisotopic (exact) mass is 1460 g/mol. The number of fused-ring (bicyclic) bond motifs is 12. The number of ether oxygens (including phenoxy) is 3. The third-order valence-corrected chi connectivity index (χ3v) is 24.2. The number of aryl methyl sites for hydroxylation is 6. The summed E-state index contributed by atoms with van der Waals surface area (Å²) in [5, 5.41) is 22.2. The molecule has 0 saturated carbocycles. The molecular weight excluding hydrogens is 1360 g/mol. The van der Waals surface area contributed by atoms with Crippen LogP contribution in [0.2, 0.25) is 0 Å². The molecule has 0 saturated heterocycles. The van der Waals surface area contributed by atoms with E-state index in [1.54, 1.807) is 21.3 Å². The number of nitrogens with zero attached hydrogens (tertiary/aromatic N) is 15.